The van der Waals surface area contributed by atoms with Gasteiger partial charge < -0.3 is 34.2 Å². The van der Waals surface area contributed by atoms with E-state index in [2.05, 4.69) is 179 Å². The van der Waals surface area contributed by atoms with Crippen molar-refractivity contribution in [3.05, 3.63) is 158 Å². The lowest BCUT2D eigenvalue weighted by Gasteiger charge is -2.21. The van der Waals surface area contributed by atoms with Crippen LogP contribution in [0.4, 0.5) is 0 Å². The van der Waals surface area contributed by atoms with Crippen LogP contribution in [0.1, 0.15) is 342 Å². The van der Waals surface area contributed by atoms with Crippen LogP contribution in [0.2, 0.25) is 0 Å². The molecule has 18 heteroatoms. The molecule has 0 saturated heterocycles. The predicted octanol–water partition coefficient (Wildman–Crippen LogP) is 25.8. The maximum atomic E-state index is 13.0. The molecular weight excluding hydrogens is 1410 g/mol. The Morgan fingerprint density at radius 3 is 0.780 bits per heavy atom. The van der Waals surface area contributed by atoms with Crippen molar-refractivity contribution in [1.82, 2.24) is 0 Å². The second-order valence-electron chi connectivity index (χ2n) is 28.2. The molecule has 0 aromatic carbocycles. The number of rotatable bonds is 80. The fourth-order valence-electron chi connectivity index (χ4n) is 11.3. The molecule has 0 bridgehead atoms. The normalized spacial score (nSPS) is 14.7. The molecule has 5 atom stereocenters. The van der Waals surface area contributed by atoms with Crippen molar-refractivity contribution in [2.75, 3.05) is 39.6 Å². The van der Waals surface area contributed by atoms with Gasteiger partial charge in [-0.25, -0.2) is 9.13 Å². The summed E-state index contributed by atoms with van der Waals surface area (Å²) in [5.74, 6) is -1.59. The van der Waals surface area contributed by atoms with E-state index in [4.69, 9.17) is 32.3 Å². The molecule has 0 aliphatic carbocycles. The Balaban J connectivity index is 4.53. The summed E-state index contributed by atoms with van der Waals surface area (Å²) >= 11 is 0. The monoisotopic (exact) mass is 1570 g/mol. The van der Waals surface area contributed by atoms with Crippen molar-refractivity contribution in [2.24, 2.45) is 0 Å². The fraction of sp³-hybridized carbons (Fsp3) is 0.681. The van der Waals surface area contributed by atoms with Gasteiger partial charge in [-0.15, -0.1) is 0 Å². The highest BCUT2D eigenvalue weighted by Crippen LogP contribution is 2.45. The van der Waals surface area contributed by atoms with Gasteiger partial charge in [0.05, 0.1) is 26.4 Å². The molecular formula is C91H154O16P2. The number of hydrogen-bond acceptors (Lipinski definition) is 14. The molecule has 16 nitrogen and oxygen atoms in total. The first kappa shape index (κ1) is 104. The van der Waals surface area contributed by atoms with Crippen LogP contribution >= 0.6 is 15.6 Å². The first-order valence-corrected chi connectivity index (χ1v) is 45.8. The van der Waals surface area contributed by atoms with Gasteiger partial charge in [-0.3, -0.25) is 32.5 Å². The highest BCUT2D eigenvalue weighted by molar-refractivity contribution is 7.47. The average molecular weight is 1570 g/mol. The van der Waals surface area contributed by atoms with Crippen molar-refractivity contribution in [2.45, 2.75) is 360 Å². The Hall–Kier alpha value is -4.83. The molecule has 0 fully saturated rings. The van der Waals surface area contributed by atoms with Crippen LogP contribution in [0.25, 0.3) is 0 Å². The number of carbonyl (C=O) groups excluding carboxylic acids is 3. The minimum Gasteiger partial charge on any atom is -0.463 e. The van der Waals surface area contributed by atoms with Gasteiger partial charge in [0.15, 0.2) is 6.10 Å². The standard InChI is InChI=1S/C91H154O16P2/c1-4-7-10-13-16-19-22-25-28-30-32-34-36-38-40-41-42-43-45-47-48-50-52-54-57-59-62-65-68-71-74-77-89(94)101-80-86(92)81-103-108(97,98)104-82-87(93)83-105-109(99,100)106-85-88(107-91(96)79-76-73-70-67-64-61-56-27-24-21-18-15-12-9-6-3)84-102-90(95)78-75-72-69-66-63-60-58-55-53-51-49-46-44-39-37-35-33-31-29-26-23-20-17-14-11-8-5-2/h7-8,10-11,16-17,19-20,25-29,32-35,38-40,42-44,49,51,56,86-88,92-93H,4-6,9,12-15,18,21-24,30-31,36-37,41,45-48,50,52-55,57-85H2,1-3H3,(H,97,98)(H,99,100)/b10-7-,11-8-,19-16-,20-17-,28-25-,29-26-,34-32-,35-33-,40-38-,43-42-,44-39-,51-49-,56-27-. The van der Waals surface area contributed by atoms with Crippen molar-refractivity contribution < 1.29 is 75.8 Å². The molecule has 0 spiro atoms. The van der Waals surface area contributed by atoms with Crippen LogP contribution in [-0.2, 0) is 55.8 Å². The van der Waals surface area contributed by atoms with Gasteiger partial charge in [-0.1, -0.05) is 333 Å². The maximum Gasteiger partial charge on any atom is 0.472 e. The van der Waals surface area contributed by atoms with E-state index in [1.165, 1.54) is 103 Å². The molecule has 0 radical (unpaired) electrons. The largest absolute Gasteiger partial charge is 0.472 e. The number of allylic oxidation sites excluding steroid dienone is 26. The summed E-state index contributed by atoms with van der Waals surface area (Å²) in [5, 5.41) is 20.7. The number of phosphoric ester groups is 2. The number of phosphoric acid groups is 2. The van der Waals surface area contributed by atoms with E-state index in [9.17, 15) is 43.5 Å². The van der Waals surface area contributed by atoms with Crippen LogP contribution in [-0.4, -0.2) is 95.9 Å². The third-order valence-electron chi connectivity index (χ3n) is 17.7. The molecule has 4 N–H and O–H groups in total. The fourth-order valence-corrected chi connectivity index (χ4v) is 12.9. The SMILES string of the molecule is CC/C=C\C/C=C\C/C=C\C/C=C\C/C=C\C/C=C\CCCCCCCCCCCCCCC(=O)OCC(O)COP(=O)(O)OCC(O)COP(=O)(O)OCC(COC(=O)CCCCCCCCCC/C=C\C/C=C\C/C=C\C/C=C\C/C=C\C/C=C\CC)OC(=O)CCCCCCC/C=C\CCCCCCCC. The zero-order valence-electron chi connectivity index (χ0n) is 68.4. The van der Waals surface area contributed by atoms with Crippen molar-refractivity contribution in [3.63, 3.8) is 0 Å². The minimum atomic E-state index is -4.94. The number of carbonyl (C=O) groups is 3. The van der Waals surface area contributed by atoms with Gasteiger partial charge in [0.1, 0.15) is 25.4 Å². The molecule has 0 saturated carbocycles. The van der Waals surface area contributed by atoms with E-state index in [0.717, 1.165) is 180 Å². The van der Waals surface area contributed by atoms with Crippen molar-refractivity contribution in [3.8, 4) is 0 Å². The van der Waals surface area contributed by atoms with Crippen LogP contribution in [0.5, 0.6) is 0 Å². The highest BCUT2D eigenvalue weighted by Gasteiger charge is 2.29. The maximum absolute atomic E-state index is 13.0. The molecule has 624 valence electrons. The molecule has 0 aromatic heterocycles. The van der Waals surface area contributed by atoms with E-state index in [-0.39, 0.29) is 19.3 Å². The number of ether oxygens (including phenoxy) is 3. The summed E-state index contributed by atoms with van der Waals surface area (Å²) in [6.07, 6.45) is 104. The number of hydrogen-bond donors (Lipinski definition) is 4. The Bertz CT molecular complexity index is 2610. The van der Waals surface area contributed by atoms with Crippen LogP contribution in [0, 0.1) is 0 Å². The lowest BCUT2D eigenvalue weighted by molar-refractivity contribution is -0.161. The van der Waals surface area contributed by atoms with E-state index in [0.29, 0.717) is 19.3 Å². The predicted molar refractivity (Wildman–Crippen MR) is 454 cm³/mol. The van der Waals surface area contributed by atoms with E-state index in [1.54, 1.807) is 0 Å². The highest BCUT2D eigenvalue weighted by atomic mass is 31.2. The summed E-state index contributed by atoms with van der Waals surface area (Å²) in [5.41, 5.74) is 0. The lowest BCUT2D eigenvalue weighted by atomic mass is 10.0. The number of esters is 3. The quantitative estimate of drug-likeness (QED) is 0.0146. The molecule has 0 aliphatic rings. The Kier molecular flexibility index (Phi) is 79.0. The Labute approximate surface area is 663 Å². The third-order valence-corrected chi connectivity index (χ3v) is 19.6. The Morgan fingerprint density at radius 2 is 0.486 bits per heavy atom. The first-order valence-electron chi connectivity index (χ1n) is 42.8. The molecule has 0 heterocycles. The van der Waals surface area contributed by atoms with Crippen LogP contribution in [0.3, 0.4) is 0 Å². The van der Waals surface area contributed by atoms with Gasteiger partial charge in [0.2, 0.25) is 0 Å². The topological polar surface area (TPSA) is 231 Å². The number of unbranched alkanes of at least 4 members (excludes halogenated alkanes) is 31. The van der Waals surface area contributed by atoms with Gasteiger partial charge in [-0.05, 0) is 148 Å². The van der Waals surface area contributed by atoms with E-state index >= 15 is 0 Å². The molecule has 0 aliphatic heterocycles. The van der Waals surface area contributed by atoms with Gasteiger partial charge in [0.25, 0.3) is 0 Å². The van der Waals surface area contributed by atoms with Crippen molar-refractivity contribution in [1.29, 1.82) is 0 Å². The average Bonchev–Trinajstić information content (AvgIpc) is 0.940. The lowest BCUT2D eigenvalue weighted by Crippen LogP contribution is -2.30. The molecule has 5 unspecified atom stereocenters. The number of aliphatic hydroxyl groups is 2. The zero-order chi connectivity index (χ0) is 79.4. The first-order chi connectivity index (χ1) is 53.2. The van der Waals surface area contributed by atoms with E-state index < -0.39 is 91.5 Å². The second-order valence-corrected chi connectivity index (χ2v) is 31.1. The van der Waals surface area contributed by atoms with Gasteiger partial charge in [0, 0.05) is 19.3 Å². The second kappa shape index (κ2) is 82.6. The third kappa shape index (κ3) is 83.9. The molecule has 109 heavy (non-hydrogen) atoms. The van der Waals surface area contributed by atoms with Crippen LogP contribution in [0.15, 0.2) is 158 Å². The minimum absolute atomic E-state index is 0.0899. The molecule has 0 rings (SSSR count). The van der Waals surface area contributed by atoms with Crippen LogP contribution < -0.4 is 0 Å². The smallest absolute Gasteiger partial charge is 0.463 e. The van der Waals surface area contributed by atoms with E-state index in [1.807, 2.05) is 0 Å². The zero-order valence-corrected chi connectivity index (χ0v) is 70.2. The summed E-state index contributed by atoms with van der Waals surface area (Å²) in [4.78, 5) is 58.8. The molecule has 0 aromatic rings. The number of aliphatic hydroxyl groups excluding tert-OH is 2. The Morgan fingerprint density at radius 1 is 0.266 bits per heavy atom. The summed E-state index contributed by atoms with van der Waals surface area (Å²) in [6, 6.07) is 0. The van der Waals surface area contributed by atoms with Gasteiger partial charge in [-0.2, -0.15) is 0 Å². The summed E-state index contributed by atoms with van der Waals surface area (Å²) in [6.45, 7) is 2.45. The summed E-state index contributed by atoms with van der Waals surface area (Å²) in [7, 11) is -9.80. The molecule has 0 amide bonds. The van der Waals surface area contributed by atoms with Gasteiger partial charge >= 0.3 is 33.6 Å². The summed E-state index contributed by atoms with van der Waals surface area (Å²) < 4.78 is 61.3. The van der Waals surface area contributed by atoms with Crippen molar-refractivity contribution >= 4 is 33.6 Å².